The number of amides is 3. The summed E-state index contributed by atoms with van der Waals surface area (Å²) in [6, 6.07) is 5.98. The number of carbonyl (C=O) groups excluding carboxylic acids is 3. The van der Waals surface area contributed by atoms with Gasteiger partial charge in [-0.1, -0.05) is 63.9 Å². The monoisotopic (exact) mass is 510 g/mol. The minimum atomic E-state index is -0.310. The molecule has 1 aromatic carbocycles. The first kappa shape index (κ1) is 20.1. The Morgan fingerprint density at radius 3 is 2.00 bits per heavy atom. The van der Waals surface area contributed by atoms with Crippen molar-refractivity contribution < 1.29 is 14.4 Å². The lowest BCUT2D eigenvalue weighted by molar-refractivity contribution is -0.143. The Morgan fingerprint density at radius 2 is 1.54 bits per heavy atom. The van der Waals surface area contributed by atoms with Crippen LogP contribution in [0.25, 0.3) is 0 Å². The number of likely N-dealkylation sites (tertiary alicyclic amines) is 1. The highest BCUT2D eigenvalue weighted by Crippen LogP contribution is 2.60. The maximum Gasteiger partial charge on any atom is 0.244 e. The Bertz CT molecular complexity index is 789. The highest BCUT2D eigenvalue weighted by Gasteiger charge is 2.66. The number of fused-ring (bicyclic) bond motifs is 5. The molecular weight excluding hydrogens is 488 g/mol. The molecule has 3 aliphatic rings. The third kappa shape index (κ3) is 2.96. The number of imide groups is 1. The van der Waals surface area contributed by atoms with Crippen LogP contribution >= 0.6 is 31.9 Å². The van der Waals surface area contributed by atoms with Gasteiger partial charge < -0.3 is 5.32 Å². The van der Waals surface area contributed by atoms with Gasteiger partial charge in [-0.3, -0.25) is 19.3 Å². The molecule has 1 saturated heterocycles. The van der Waals surface area contributed by atoms with Crippen LogP contribution in [0.2, 0.25) is 0 Å². The quantitative estimate of drug-likeness (QED) is 0.485. The summed E-state index contributed by atoms with van der Waals surface area (Å²) < 4.78 is 0. The molecule has 0 radical (unpaired) electrons. The molecule has 2 aliphatic carbocycles. The average molecular weight is 512 g/mol. The van der Waals surface area contributed by atoms with Crippen LogP contribution in [0.5, 0.6) is 0 Å². The van der Waals surface area contributed by atoms with Crippen molar-refractivity contribution in [1.29, 1.82) is 0 Å². The molecule has 0 aromatic heterocycles. The van der Waals surface area contributed by atoms with Crippen LogP contribution in [0.3, 0.4) is 0 Å². The second-order valence-corrected chi connectivity index (χ2v) is 10.1. The van der Waals surface area contributed by atoms with Crippen molar-refractivity contribution in [1.82, 2.24) is 4.90 Å². The van der Waals surface area contributed by atoms with E-state index in [-0.39, 0.29) is 57.6 Å². The molecule has 150 valence electrons. The van der Waals surface area contributed by atoms with Crippen LogP contribution in [0.1, 0.15) is 31.4 Å². The largest absolute Gasteiger partial charge is 0.324 e. The molecule has 2 saturated carbocycles. The number of rotatable bonds is 5. The Labute approximate surface area is 181 Å². The third-order valence-electron chi connectivity index (χ3n) is 6.64. The summed E-state index contributed by atoms with van der Waals surface area (Å²) in [5, 5.41) is 2.97. The number of hydrogen-bond donors (Lipinski definition) is 1. The number of halogens is 2. The number of para-hydroxylation sites is 1. The predicted molar refractivity (Wildman–Crippen MR) is 115 cm³/mol. The normalized spacial score (nSPS) is 33.5. The molecule has 0 unspecified atom stereocenters. The van der Waals surface area contributed by atoms with Gasteiger partial charge in [-0.15, -0.1) is 0 Å². The molecule has 1 N–H and O–H groups in total. The number of carbonyl (C=O) groups is 3. The number of aryl methyl sites for hydroxylation is 2. The Balaban J connectivity index is 1.51. The van der Waals surface area contributed by atoms with Gasteiger partial charge in [0.2, 0.25) is 17.7 Å². The Morgan fingerprint density at radius 1 is 1.04 bits per heavy atom. The zero-order valence-corrected chi connectivity index (χ0v) is 19.1. The SMILES string of the molecule is CCc1cccc(CC)c1NC(=O)CN1C(=O)[C@@H]2[C@H]3C[C@@H]([C@H](Br)[C@H]3Br)[C@H]2C1=O. The van der Waals surface area contributed by atoms with Crippen LogP contribution in [-0.4, -0.2) is 38.8 Å². The number of nitrogens with zero attached hydrogens (tertiary/aromatic N) is 1. The first-order valence-electron chi connectivity index (χ1n) is 9.92. The fourth-order valence-corrected chi connectivity index (χ4v) is 7.17. The summed E-state index contributed by atoms with van der Waals surface area (Å²) in [7, 11) is 0. The van der Waals surface area contributed by atoms with Crippen LogP contribution < -0.4 is 5.32 Å². The number of nitrogens with one attached hydrogen (secondary N) is 1. The van der Waals surface area contributed by atoms with Crippen LogP contribution in [0, 0.1) is 23.7 Å². The predicted octanol–water partition coefficient (Wildman–Crippen LogP) is 3.53. The van der Waals surface area contributed by atoms with E-state index in [1.54, 1.807) is 0 Å². The molecule has 7 heteroatoms. The van der Waals surface area contributed by atoms with Crippen molar-refractivity contribution in [3.63, 3.8) is 0 Å². The molecule has 1 aliphatic heterocycles. The van der Waals surface area contributed by atoms with Gasteiger partial charge in [-0.2, -0.15) is 0 Å². The summed E-state index contributed by atoms with van der Waals surface area (Å²) in [5.74, 6) is -0.902. The van der Waals surface area contributed by atoms with Crippen molar-refractivity contribution >= 4 is 55.3 Å². The number of hydrogen-bond acceptors (Lipinski definition) is 3. The van der Waals surface area contributed by atoms with E-state index in [2.05, 4.69) is 37.2 Å². The van der Waals surface area contributed by atoms with E-state index < -0.39 is 0 Å². The van der Waals surface area contributed by atoms with Crippen molar-refractivity contribution in [2.45, 2.75) is 42.8 Å². The van der Waals surface area contributed by atoms with E-state index in [9.17, 15) is 14.4 Å². The van der Waals surface area contributed by atoms with Crippen molar-refractivity contribution in [2.24, 2.45) is 23.7 Å². The van der Waals surface area contributed by atoms with Crippen LogP contribution in [-0.2, 0) is 27.2 Å². The Hall–Kier alpha value is -1.21. The highest BCUT2D eigenvalue weighted by atomic mass is 79.9. The third-order valence-corrected chi connectivity index (χ3v) is 9.85. The van der Waals surface area contributed by atoms with E-state index in [1.165, 1.54) is 4.90 Å². The zero-order valence-electron chi connectivity index (χ0n) is 16.0. The van der Waals surface area contributed by atoms with E-state index in [0.29, 0.717) is 0 Å². The van der Waals surface area contributed by atoms with E-state index in [4.69, 9.17) is 0 Å². The topological polar surface area (TPSA) is 66.5 Å². The minimum absolute atomic E-state index is 0.163. The molecule has 6 atom stereocenters. The van der Waals surface area contributed by atoms with Gasteiger partial charge in [0.15, 0.2) is 0 Å². The molecular formula is C21H24Br2N2O3. The van der Waals surface area contributed by atoms with Crippen molar-refractivity contribution in [3.8, 4) is 0 Å². The number of anilines is 1. The summed E-state index contributed by atoms with van der Waals surface area (Å²) in [6.07, 6.45) is 2.50. The van der Waals surface area contributed by atoms with Gasteiger partial charge in [-0.05, 0) is 42.2 Å². The van der Waals surface area contributed by atoms with E-state index in [1.807, 2.05) is 32.0 Å². The number of alkyl halides is 2. The molecule has 1 aromatic rings. The van der Waals surface area contributed by atoms with Crippen LogP contribution in [0.4, 0.5) is 5.69 Å². The molecule has 5 nitrogen and oxygen atoms in total. The van der Waals surface area contributed by atoms with Crippen molar-refractivity contribution in [3.05, 3.63) is 29.3 Å². The summed E-state index contributed by atoms with van der Waals surface area (Å²) >= 11 is 7.37. The van der Waals surface area contributed by atoms with Gasteiger partial charge in [0.05, 0.1) is 11.8 Å². The van der Waals surface area contributed by atoms with E-state index >= 15 is 0 Å². The van der Waals surface area contributed by atoms with Crippen molar-refractivity contribution in [2.75, 3.05) is 11.9 Å². The average Bonchev–Trinajstić information content (AvgIpc) is 3.29. The molecule has 2 bridgehead atoms. The zero-order chi connectivity index (χ0) is 20.2. The van der Waals surface area contributed by atoms with Gasteiger partial charge in [0.1, 0.15) is 6.54 Å². The molecule has 3 amide bonds. The van der Waals surface area contributed by atoms with Gasteiger partial charge in [0, 0.05) is 15.3 Å². The van der Waals surface area contributed by atoms with Crippen LogP contribution in [0.15, 0.2) is 18.2 Å². The van der Waals surface area contributed by atoms with Gasteiger partial charge in [-0.25, -0.2) is 0 Å². The minimum Gasteiger partial charge on any atom is -0.324 e. The van der Waals surface area contributed by atoms with E-state index in [0.717, 1.165) is 36.1 Å². The summed E-state index contributed by atoms with van der Waals surface area (Å²) in [4.78, 5) is 40.3. The Kier molecular flexibility index (Phi) is 5.42. The molecule has 3 fully saturated rings. The molecule has 28 heavy (non-hydrogen) atoms. The second kappa shape index (κ2) is 7.56. The summed E-state index contributed by atoms with van der Waals surface area (Å²) in [5.41, 5.74) is 2.94. The lowest BCUT2D eigenvalue weighted by Gasteiger charge is -2.28. The molecule has 0 spiro atoms. The molecule has 1 heterocycles. The lowest BCUT2D eigenvalue weighted by Crippen LogP contribution is -2.39. The van der Waals surface area contributed by atoms with Gasteiger partial charge >= 0.3 is 0 Å². The molecule has 4 rings (SSSR count). The summed E-state index contributed by atoms with van der Waals surface area (Å²) in [6.45, 7) is 3.88. The number of benzene rings is 1. The lowest BCUT2D eigenvalue weighted by atomic mass is 9.81. The fourth-order valence-electron chi connectivity index (χ4n) is 5.29. The standard InChI is InChI=1S/C21H24Br2N2O3/c1-3-10-6-5-7-11(4-2)19(10)24-14(26)9-25-20(27)15-12-8-13(16(15)21(25)28)18(23)17(12)22/h5-7,12-13,15-18H,3-4,8-9H2,1-2H3,(H,24,26)/t12-,13-,15-,16-,17+,18+/m1/s1. The maximum absolute atomic E-state index is 13.0. The first-order valence-corrected chi connectivity index (χ1v) is 11.8. The maximum atomic E-state index is 13.0. The highest BCUT2D eigenvalue weighted by molar-refractivity contribution is 9.12. The fraction of sp³-hybridized carbons (Fsp3) is 0.571. The second-order valence-electron chi connectivity index (χ2n) is 7.97. The smallest absolute Gasteiger partial charge is 0.244 e. The first-order chi connectivity index (χ1) is 13.4. The van der Waals surface area contributed by atoms with Gasteiger partial charge in [0.25, 0.3) is 0 Å².